The van der Waals surface area contributed by atoms with Gasteiger partial charge in [-0.15, -0.1) is 0 Å². The summed E-state index contributed by atoms with van der Waals surface area (Å²) in [5, 5.41) is 3.45. The van der Waals surface area contributed by atoms with Crippen molar-refractivity contribution < 1.29 is 14.3 Å². The van der Waals surface area contributed by atoms with Crippen LogP contribution in [0, 0.1) is 6.92 Å². The molecule has 2 fully saturated rings. The third-order valence-electron chi connectivity index (χ3n) is 5.25. The van der Waals surface area contributed by atoms with Crippen LogP contribution in [0.2, 0.25) is 0 Å². The fraction of sp³-hybridized carbons (Fsp3) is 0.304. The Balaban J connectivity index is 1.59. The number of thiocarbonyl (C=S) groups is 1. The van der Waals surface area contributed by atoms with Gasteiger partial charge in [0.2, 0.25) is 0 Å². The second kappa shape index (κ2) is 8.95. The second-order valence-corrected chi connectivity index (χ2v) is 7.81. The number of nitrogens with one attached hydrogen (secondary N) is 1. The van der Waals surface area contributed by atoms with E-state index in [9.17, 15) is 4.79 Å². The molecule has 2 aromatic carbocycles. The molecule has 0 atom stereocenters. The van der Waals surface area contributed by atoms with Gasteiger partial charge in [-0.1, -0.05) is 18.2 Å². The first kappa shape index (κ1) is 20.5. The summed E-state index contributed by atoms with van der Waals surface area (Å²) < 4.78 is 11.0. The number of amides is 1. The molecule has 0 aliphatic carbocycles. The van der Waals surface area contributed by atoms with Crippen molar-refractivity contribution in [1.82, 2.24) is 10.2 Å². The normalized spacial score (nSPS) is 18.7. The number of hydrogen-bond donors (Lipinski definition) is 1. The number of ether oxygens (including phenoxy) is 2. The van der Waals surface area contributed by atoms with E-state index in [0.29, 0.717) is 10.8 Å². The SMILES string of the molecule is COc1ccc(/C=C2/NC(=S)N(c3cccc(C)c3)C2=O)cc1CN1CCOCC1. The Hall–Kier alpha value is -2.74. The lowest BCUT2D eigenvalue weighted by molar-refractivity contribution is -0.113. The van der Waals surface area contributed by atoms with E-state index in [0.717, 1.165) is 61.0 Å². The van der Waals surface area contributed by atoms with Crippen LogP contribution in [0.25, 0.3) is 6.08 Å². The summed E-state index contributed by atoms with van der Waals surface area (Å²) >= 11 is 5.42. The van der Waals surface area contributed by atoms with Gasteiger partial charge in [-0.05, 0) is 60.6 Å². The summed E-state index contributed by atoms with van der Waals surface area (Å²) in [5.74, 6) is 0.683. The monoisotopic (exact) mass is 423 g/mol. The van der Waals surface area contributed by atoms with E-state index in [2.05, 4.69) is 16.3 Å². The highest BCUT2D eigenvalue weighted by Gasteiger charge is 2.32. The molecule has 2 aromatic rings. The Bertz CT molecular complexity index is 999. The molecular weight excluding hydrogens is 398 g/mol. The van der Waals surface area contributed by atoms with Gasteiger partial charge in [-0.2, -0.15) is 0 Å². The number of carbonyl (C=O) groups is 1. The Morgan fingerprint density at radius 1 is 1.20 bits per heavy atom. The molecule has 1 N–H and O–H groups in total. The third kappa shape index (κ3) is 4.38. The number of anilines is 1. The number of hydrogen-bond acceptors (Lipinski definition) is 5. The van der Waals surface area contributed by atoms with E-state index in [4.69, 9.17) is 21.7 Å². The van der Waals surface area contributed by atoms with Crippen molar-refractivity contribution in [2.24, 2.45) is 0 Å². The first-order chi connectivity index (χ1) is 14.5. The fourth-order valence-electron chi connectivity index (χ4n) is 3.72. The Morgan fingerprint density at radius 2 is 2.00 bits per heavy atom. The quantitative estimate of drug-likeness (QED) is 0.589. The molecule has 2 aliphatic heterocycles. The maximum absolute atomic E-state index is 13.0. The zero-order chi connectivity index (χ0) is 21.1. The van der Waals surface area contributed by atoms with Gasteiger partial charge in [0.15, 0.2) is 5.11 Å². The van der Waals surface area contributed by atoms with Crippen LogP contribution in [-0.2, 0) is 16.1 Å². The largest absolute Gasteiger partial charge is 0.496 e. The Kier molecular flexibility index (Phi) is 6.13. The predicted molar refractivity (Wildman–Crippen MR) is 121 cm³/mol. The van der Waals surface area contributed by atoms with Gasteiger partial charge in [0.05, 0.1) is 26.0 Å². The van der Waals surface area contributed by atoms with Gasteiger partial charge >= 0.3 is 0 Å². The standard InChI is InChI=1S/C23H25N3O3S/c1-16-4-3-5-19(12-16)26-22(27)20(24-23(26)30)14-17-6-7-21(28-2)18(13-17)15-25-8-10-29-11-9-25/h3-7,12-14H,8-11,15H2,1-2H3,(H,24,30)/b20-14+. The molecule has 2 heterocycles. The highest BCUT2D eigenvalue weighted by atomic mass is 32.1. The van der Waals surface area contributed by atoms with Crippen LogP contribution < -0.4 is 15.0 Å². The van der Waals surface area contributed by atoms with Crippen molar-refractivity contribution in [2.75, 3.05) is 38.3 Å². The summed E-state index contributed by atoms with van der Waals surface area (Å²) in [5.41, 5.74) is 4.30. The van der Waals surface area contributed by atoms with E-state index < -0.39 is 0 Å². The van der Waals surface area contributed by atoms with E-state index >= 15 is 0 Å². The van der Waals surface area contributed by atoms with Crippen molar-refractivity contribution in [2.45, 2.75) is 13.5 Å². The minimum atomic E-state index is -0.156. The molecule has 0 aromatic heterocycles. The fourth-order valence-corrected chi connectivity index (χ4v) is 4.01. The van der Waals surface area contributed by atoms with Crippen molar-refractivity contribution in [3.63, 3.8) is 0 Å². The number of aryl methyl sites for hydroxylation is 1. The molecule has 156 valence electrons. The van der Waals surface area contributed by atoms with Crippen LogP contribution >= 0.6 is 12.2 Å². The van der Waals surface area contributed by atoms with E-state index in [1.807, 2.05) is 49.4 Å². The maximum Gasteiger partial charge on any atom is 0.281 e. The number of benzene rings is 2. The summed E-state index contributed by atoms with van der Waals surface area (Å²) in [6.45, 7) is 6.05. The third-order valence-corrected chi connectivity index (χ3v) is 5.54. The Morgan fingerprint density at radius 3 is 2.73 bits per heavy atom. The van der Waals surface area contributed by atoms with Crippen molar-refractivity contribution in [3.8, 4) is 5.75 Å². The van der Waals surface area contributed by atoms with Gasteiger partial charge in [0.1, 0.15) is 11.4 Å². The lowest BCUT2D eigenvalue weighted by Gasteiger charge is -2.27. The lowest BCUT2D eigenvalue weighted by Crippen LogP contribution is -2.35. The molecule has 7 heteroatoms. The minimum Gasteiger partial charge on any atom is -0.496 e. The molecule has 2 saturated heterocycles. The molecule has 0 unspecified atom stereocenters. The van der Waals surface area contributed by atoms with E-state index in [-0.39, 0.29) is 5.91 Å². The molecule has 0 spiro atoms. The van der Waals surface area contributed by atoms with Crippen LogP contribution in [0.5, 0.6) is 5.75 Å². The van der Waals surface area contributed by atoms with E-state index in [1.165, 1.54) is 4.90 Å². The average Bonchev–Trinajstić information content (AvgIpc) is 3.02. The van der Waals surface area contributed by atoms with Crippen molar-refractivity contribution in [1.29, 1.82) is 0 Å². The zero-order valence-electron chi connectivity index (χ0n) is 17.2. The van der Waals surface area contributed by atoms with Crippen LogP contribution in [0.4, 0.5) is 5.69 Å². The van der Waals surface area contributed by atoms with Gasteiger partial charge in [-0.3, -0.25) is 14.6 Å². The summed E-state index contributed by atoms with van der Waals surface area (Å²) in [4.78, 5) is 16.9. The molecule has 4 rings (SSSR count). The molecular formula is C23H25N3O3S. The lowest BCUT2D eigenvalue weighted by atomic mass is 10.1. The number of carbonyl (C=O) groups excluding carboxylic acids is 1. The van der Waals surface area contributed by atoms with Crippen LogP contribution in [0.3, 0.4) is 0 Å². The minimum absolute atomic E-state index is 0.156. The first-order valence-electron chi connectivity index (χ1n) is 9.96. The summed E-state index contributed by atoms with van der Waals surface area (Å²) in [6, 6.07) is 13.7. The number of nitrogens with zero attached hydrogens (tertiary/aromatic N) is 2. The van der Waals surface area contributed by atoms with Crippen molar-refractivity contribution >= 4 is 35.0 Å². The maximum atomic E-state index is 13.0. The van der Waals surface area contributed by atoms with E-state index in [1.54, 1.807) is 7.11 Å². The molecule has 0 bridgehead atoms. The summed E-state index contributed by atoms with van der Waals surface area (Å²) in [7, 11) is 1.68. The smallest absolute Gasteiger partial charge is 0.281 e. The number of rotatable bonds is 5. The van der Waals surface area contributed by atoms with Crippen molar-refractivity contribution in [3.05, 3.63) is 64.9 Å². The van der Waals surface area contributed by atoms with Crippen LogP contribution in [0.15, 0.2) is 48.2 Å². The molecule has 0 radical (unpaired) electrons. The molecule has 2 aliphatic rings. The van der Waals surface area contributed by atoms with Gasteiger partial charge in [0.25, 0.3) is 5.91 Å². The summed E-state index contributed by atoms with van der Waals surface area (Å²) in [6.07, 6.45) is 1.84. The average molecular weight is 424 g/mol. The van der Waals surface area contributed by atoms with Crippen LogP contribution in [0.1, 0.15) is 16.7 Å². The van der Waals surface area contributed by atoms with Gasteiger partial charge in [0, 0.05) is 25.2 Å². The predicted octanol–water partition coefficient (Wildman–Crippen LogP) is 3.10. The second-order valence-electron chi connectivity index (χ2n) is 7.43. The van der Waals surface area contributed by atoms with Gasteiger partial charge < -0.3 is 14.8 Å². The number of morpholine rings is 1. The Labute approximate surface area is 182 Å². The highest BCUT2D eigenvalue weighted by molar-refractivity contribution is 7.80. The number of methoxy groups -OCH3 is 1. The van der Waals surface area contributed by atoms with Crippen LogP contribution in [-0.4, -0.2) is 49.3 Å². The molecule has 0 saturated carbocycles. The van der Waals surface area contributed by atoms with Gasteiger partial charge in [-0.25, -0.2) is 0 Å². The zero-order valence-corrected chi connectivity index (χ0v) is 18.0. The molecule has 6 nitrogen and oxygen atoms in total. The topological polar surface area (TPSA) is 54.0 Å². The molecule has 1 amide bonds. The molecule has 30 heavy (non-hydrogen) atoms. The highest BCUT2D eigenvalue weighted by Crippen LogP contribution is 2.26. The first-order valence-corrected chi connectivity index (χ1v) is 10.4.